The Morgan fingerprint density at radius 1 is 0.968 bits per heavy atom. The molecule has 0 N–H and O–H groups in total. The highest BCUT2D eigenvalue weighted by Crippen LogP contribution is 2.59. The van der Waals surface area contributed by atoms with E-state index in [1.807, 2.05) is 0 Å². The Labute approximate surface area is 194 Å². The first-order valence-corrected chi connectivity index (χ1v) is 16.4. The Morgan fingerprint density at radius 3 is 2.42 bits per heavy atom. The zero-order valence-corrected chi connectivity index (χ0v) is 22.4. The van der Waals surface area contributed by atoms with Crippen LogP contribution in [0, 0.1) is 23.2 Å². The van der Waals surface area contributed by atoms with Gasteiger partial charge in [0.15, 0.2) is 14.6 Å². The van der Waals surface area contributed by atoms with E-state index in [9.17, 15) is 0 Å². The van der Waals surface area contributed by atoms with Crippen molar-refractivity contribution in [3.05, 3.63) is 0 Å². The summed E-state index contributed by atoms with van der Waals surface area (Å²) in [6.45, 7) is 14.1. The van der Waals surface area contributed by atoms with Gasteiger partial charge in [0, 0.05) is 19.3 Å². The van der Waals surface area contributed by atoms with Gasteiger partial charge in [0.1, 0.15) is 0 Å². The third kappa shape index (κ3) is 6.16. The molecule has 1 unspecified atom stereocenters. The standard InChI is InChI=1S/C27H52O3Si/c1-6-31(7-2,8-3)30-25-15-13-19-27(5)23(17-18-24(25)27)22(4)14-9-11-20-28-26-16-10-12-21-29-26/h22-26H,6-21H2,1-5H3/t22?,23-,24+,25+,26+,27-/m1/s1. The number of hydrogen-bond donors (Lipinski definition) is 0. The van der Waals surface area contributed by atoms with Crippen LogP contribution < -0.4 is 0 Å². The van der Waals surface area contributed by atoms with E-state index in [-0.39, 0.29) is 6.29 Å². The fraction of sp³-hybridized carbons (Fsp3) is 1.00. The maximum Gasteiger partial charge on any atom is 0.192 e. The van der Waals surface area contributed by atoms with Gasteiger partial charge in [-0.1, -0.05) is 53.9 Å². The number of rotatable bonds is 12. The molecule has 2 aliphatic carbocycles. The van der Waals surface area contributed by atoms with Crippen molar-refractivity contribution >= 4 is 8.32 Å². The van der Waals surface area contributed by atoms with Gasteiger partial charge in [-0.2, -0.15) is 0 Å². The van der Waals surface area contributed by atoms with Gasteiger partial charge in [-0.05, 0) is 92.7 Å². The molecule has 0 bridgehead atoms. The molecule has 0 spiro atoms. The zero-order chi connectivity index (χ0) is 22.3. The molecule has 1 heterocycles. The van der Waals surface area contributed by atoms with E-state index in [1.54, 1.807) is 0 Å². The third-order valence-electron chi connectivity index (χ3n) is 9.65. The molecule has 0 aromatic heterocycles. The van der Waals surface area contributed by atoms with Crippen molar-refractivity contribution in [3.8, 4) is 0 Å². The topological polar surface area (TPSA) is 27.7 Å². The van der Waals surface area contributed by atoms with Gasteiger partial charge in [0.2, 0.25) is 0 Å². The summed E-state index contributed by atoms with van der Waals surface area (Å²) in [5.41, 5.74) is 0.504. The van der Waals surface area contributed by atoms with Crippen LogP contribution in [-0.2, 0) is 13.9 Å². The molecule has 31 heavy (non-hydrogen) atoms. The average Bonchev–Trinajstić information content (AvgIpc) is 3.16. The van der Waals surface area contributed by atoms with E-state index in [1.165, 1.54) is 82.3 Å². The summed E-state index contributed by atoms with van der Waals surface area (Å²) in [6.07, 6.45) is 14.9. The minimum absolute atomic E-state index is 0.0740. The maximum absolute atomic E-state index is 7.11. The summed E-state index contributed by atoms with van der Waals surface area (Å²) in [5, 5.41) is 0. The molecule has 0 amide bonds. The van der Waals surface area contributed by atoms with E-state index in [0.717, 1.165) is 37.4 Å². The quantitative estimate of drug-likeness (QED) is 0.222. The summed E-state index contributed by atoms with van der Waals surface area (Å²) in [7, 11) is -1.52. The summed E-state index contributed by atoms with van der Waals surface area (Å²) in [4.78, 5) is 0. The van der Waals surface area contributed by atoms with Gasteiger partial charge < -0.3 is 13.9 Å². The van der Waals surface area contributed by atoms with E-state index in [4.69, 9.17) is 13.9 Å². The van der Waals surface area contributed by atoms with Gasteiger partial charge in [-0.3, -0.25) is 0 Å². The lowest BCUT2D eigenvalue weighted by Crippen LogP contribution is -2.48. The third-order valence-corrected chi connectivity index (χ3v) is 14.3. The fourth-order valence-electron chi connectivity index (χ4n) is 7.38. The molecule has 0 radical (unpaired) electrons. The van der Waals surface area contributed by atoms with E-state index >= 15 is 0 Å². The van der Waals surface area contributed by atoms with Crippen LogP contribution in [0.15, 0.2) is 0 Å². The van der Waals surface area contributed by atoms with Crippen molar-refractivity contribution in [2.45, 2.75) is 136 Å². The van der Waals surface area contributed by atoms with Crippen molar-refractivity contribution in [2.75, 3.05) is 13.2 Å². The average molecular weight is 453 g/mol. The van der Waals surface area contributed by atoms with Crippen molar-refractivity contribution in [3.63, 3.8) is 0 Å². The van der Waals surface area contributed by atoms with Crippen LogP contribution in [0.1, 0.15) is 105 Å². The largest absolute Gasteiger partial charge is 0.414 e. The monoisotopic (exact) mass is 452 g/mol. The fourth-order valence-corrected chi connectivity index (χ4v) is 10.3. The molecule has 6 atom stereocenters. The number of fused-ring (bicyclic) bond motifs is 1. The molecule has 182 valence electrons. The molecule has 4 heteroatoms. The Morgan fingerprint density at radius 2 is 1.74 bits per heavy atom. The zero-order valence-electron chi connectivity index (χ0n) is 21.4. The summed E-state index contributed by atoms with van der Waals surface area (Å²) in [5.74, 6) is 2.51. The Bertz CT molecular complexity index is 508. The van der Waals surface area contributed by atoms with Crippen LogP contribution in [-0.4, -0.2) is 33.9 Å². The molecule has 3 nitrogen and oxygen atoms in total. The second-order valence-corrected chi connectivity index (χ2v) is 16.0. The Hall–Kier alpha value is 0.0969. The minimum Gasteiger partial charge on any atom is -0.414 e. The highest BCUT2D eigenvalue weighted by molar-refractivity contribution is 6.73. The molecule has 3 rings (SSSR count). The first kappa shape index (κ1) is 25.7. The molecule has 1 saturated heterocycles. The summed E-state index contributed by atoms with van der Waals surface area (Å²) in [6, 6.07) is 3.86. The van der Waals surface area contributed by atoms with Crippen LogP contribution in [0.25, 0.3) is 0 Å². The smallest absolute Gasteiger partial charge is 0.192 e. The lowest BCUT2D eigenvalue weighted by atomic mass is 9.61. The first-order valence-electron chi connectivity index (χ1n) is 13.9. The number of hydrogen-bond acceptors (Lipinski definition) is 3. The number of unbranched alkanes of at least 4 members (excludes halogenated alkanes) is 1. The van der Waals surface area contributed by atoms with Crippen LogP contribution in [0.2, 0.25) is 18.1 Å². The lowest BCUT2D eigenvalue weighted by Gasteiger charge is -2.49. The number of ether oxygens (including phenoxy) is 2. The molecule has 0 aromatic carbocycles. The molecular formula is C27H52O3Si. The first-order chi connectivity index (χ1) is 15.0. The second kappa shape index (κ2) is 12.0. The Kier molecular flexibility index (Phi) is 9.95. The molecule has 0 aromatic rings. The van der Waals surface area contributed by atoms with Crippen LogP contribution >= 0.6 is 0 Å². The van der Waals surface area contributed by atoms with E-state index < -0.39 is 8.32 Å². The van der Waals surface area contributed by atoms with Crippen LogP contribution in [0.5, 0.6) is 0 Å². The van der Waals surface area contributed by atoms with Crippen molar-refractivity contribution < 1.29 is 13.9 Å². The SMILES string of the molecule is CC[Si](CC)(CC)O[C@H]1CCC[C@]2(C)[C@@H](C(C)CCCCO[C@@H]3CCCCO3)CC[C@@H]12. The second-order valence-electron chi connectivity index (χ2n) is 11.2. The Balaban J connectivity index is 1.47. The van der Waals surface area contributed by atoms with Crippen molar-refractivity contribution in [1.29, 1.82) is 0 Å². The highest BCUT2D eigenvalue weighted by atomic mass is 28.4. The molecule has 2 saturated carbocycles. The van der Waals surface area contributed by atoms with E-state index in [2.05, 4.69) is 34.6 Å². The lowest BCUT2D eigenvalue weighted by molar-refractivity contribution is -0.162. The maximum atomic E-state index is 7.11. The molecular weight excluding hydrogens is 400 g/mol. The van der Waals surface area contributed by atoms with Crippen LogP contribution in [0.3, 0.4) is 0 Å². The normalized spacial score (nSPS) is 35.1. The van der Waals surface area contributed by atoms with Gasteiger partial charge in [-0.25, -0.2) is 0 Å². The van der Waals surface area contributed by atoms with Crippen molar-refractivity contribution in [1.82, 2.24) is 0 Å². The van der Waals surface area contributed by atoms with Crippen LogP contribution in [0.4, 0.5) is 0 Å². The van der Waals surface area contributed by atoms with Crippen molar-refractivity contribution in [2.24, 2.45) is 23.2 Å². The van der Waals surface area contributed by atoms with Gasteiger partial charge in [-0.15, -0.1) is 0 Å². The predicted octanol–water partition coefficient (Wildman–Crippen LogP) is 7.94. The molecule has 1 aliphatic heterocycles. The molecule has 3 fully saturated rings. The van der Waals surface area contributed by atoms with Gasteiger partial charge >= 0.3 is 0 Å². The predicted molar refractivity (Wildman–Crippen MR) is 133 cm³/mol. The highest BCUT2D eigenvalue weighted by Gasteiger charge is 2.53. The van der Waals surface area contributed by atoms with Gasteiger partial charge in [0.25, 0.3) is 0 Å². The summed E-state index contributed by atoms with van der Waals surface area (Å²) >= 11 is 0. The summed E-state index contributed by atoms with van der Waals surface area (Å²) < 4.78 is 18.8. The van der Waals surface area contributed by atoms with E-state index in [0.29, 0.717) is 11.5 Å². The van der Waals surface area contributed by atoms with Gasteiger partial charge in [0.05, 0.1) is 0 Å². The minimum atomic E-state index is -1.52. The molecule has 3 aliphatic rings.